The first-order valence-electron chi connectivity index (χ1n) is 11.2. The van der Waals surface area contributed by atoms with Crippen LogP contribution in [-0.4, -0.2) is 25.0 Å². The Balaban J connectivity index is 1.63. The summed E-state index contributed by atoms with van der Waals surface area (Å²) >= 11 is 2.13. The lowest BCUT2D eigenvalue weighted by Crippen LogP contribution is -2.54. The minimum absolute atomic E-state index is 0.156. The van der Waals surface area contributed by atoms with Gasteiger partial charge < -0.3 is 9.47 Å². The van der Waals surface area contributed by atoms with Gasteiger partial charge in [0, 0.05) is 0 Å². The van der Waals surface area contributed by atoms with E-state index in [-0.39, 0.29) is 5.57 Å². The molecule has 1 aliphatic rings. The van der Waals surface area contributed by atoms with E-state index < -0.39 is 17.8 Å². The molecule has 0 spiro atoms. The molecule has 1 N–H and O–H groups in total. The lowest BCUT2D eigenvalue weighted by molar-refractivity contribution is -0.122. The number of benzene rings is 3. The lowest BCUT2D eigenvalue weighted by Gasteiger charge is -2.26. The number of rotatable bonds is 6. The zero-order chi connectivity index (χ0) is 26.0. The fraction of sp³-hybridized carbons (Fsp3) is 0.179. The highest BCUT2D eigenvalue weighted by Gasteiger charge is 2.36. The summed E-state index contributed by atoms with van der Waals surface area (Å²) in [6.07, 6.45) is 1.45. The average Bonchev–Trinajstić information content (AvgIpc) is 2.81. The standard InChI is InChI=1S/C28H25IN2O5/c1-16-5-7-21(8-6-16)31-27(33)22(26(32)30-28(31)34)12-19-13-23(29)25(24(14-19)35-4)36-15-20-10-17(2)9-18(3)11-20/h5-14H,15H2,1-4H3,(H,30,32,34)/b22-12+. The van der Waals surface area contributed by atoms with Gasteiger partial charge in [-0.2, -0.15) is 0 Å². The Morgan fingerprint density at radius 2 is 1.58 bits per heavy atom. The number of amides is 4. The second-order valence-corrected chi connectivity index (χ2v) is 9.77. The molecule has 184 valence electrons. The summed E-state index contributed by atoms with van der Waals surface area (Å²) in [5.74, 6) is -0.419. The first-order valence-corrected chi connectivity index (χ1v) is 12.3. The molecule has 1 heterocycles. The van der Waals surface area contributed by atoms with E-state index in [1.165, 1.54) is 13.2 Å². The average molecular weight is 596 g/mol. The number of aryl methyl sites for hydroxylation is 3. The van der Waals surface area contributed by atoms with Crippen LogP contribution in [0.4, 0.5) is 10.5 Å². The molecule has 1 fully saturated rings. The number of nitrogens with one attached hydrogen (secondary N) is 1. The zero-order valence-corrected chi connectivity index (χ0v) is 22.5. The molecule has 0 radical (unpaired) electrons. The molecule has 3 aromatic carbocycles. The van der Waals surface area contributed by atoms with E-state index in [0.717, 1.165) is 30.7 Å². The zero-order valence-electron chi connectivity index (χ0n) is 20.3. The highest BCUT2D eigenvalue weighted by atomic mass is 127. The molecule has 3 aromatic rings. The van der Waals surface area contributed by atoms with Gasteiger partial charge in [0.05, 0.1) is 16.4 Å². The van der Waals surface area contributed by atoms with Crippen molar-refractivity contribution >= 4 is 52.2 Å². The maximum absolute atomic E-state index is 13.2. The summed E-state index contributed by atoms with van der Waals surface area (Å²) in [5, 5.41) is 2.25. The van der Waals surface area contributed by atoms with E-state index in [0.29, 0.717) is 29.4 Å². The van der Waals surface area contributed by atoms with Gasteiger partial charge in [-0.3, -0.25) is 14.9 Å². The first-order chi connectivity index (χ1) is 17.2. The van der Waals surface area contributed by atoms with Crippen molar-refractivity contribution < 1.29 is 23.9 Å². The maximum atomic E-state index is 13.2. The van der Waals surface area contributed by atoms with Crippen LogP contribution >= 0.6 is 22.6 Å². The molecular formula is C28H25IN2O5. The number of urea groups is 1. The third kappa shape index (κ3) is 5.43. The van der Waals surface area contributed by atoms with Crippen LogP contribution in [0.2, 0.25) is 0 Å². The second kappa shape index (κ2) is 10.5. The molecule has 36 heavy (non-hydrogen) atoms. The molecule has 0 aliphatic carbocycles. The van der Waals surface area contributed by atoms with Gasteiger partial charge in [-0.15, -0.1) is 0 Å². The van der Waals surface area contributed by atoms with E-state index in [1.54, 1.807) is 36.4 Å². The van der Waals surface area contributed by atoms with Crippen LogP contribution < -0.4 is 19.7 Å². The van der Waals surface area contributed by atoms with Gasteiger partial charge in [-0.25, -0.2) is 9.69 Å². The molecule has 1 aliphatic heterocycles. The van der Waals surface area contributed by atoms with Crippen LogP contribution in [-0.2, 0) is 16.2 Å². The lowest BCUT2D eigenvalue weighted by atomic mass is 10.1. The number of nitrogens with zero attached hydrogens (tertiary/aromatic N) is 1. The van der Waals surface area contributed by atoms with Crippen LogP contribution in [0.25, 0.3) is 6.08 Å². The number of halogens is 1. The van der Waals surface area contributed by atoms with E-state index in [2.05, 4.69) is 46.1 Å². The Morgan fingerprint density at radius 3 is 2.22 bits per heavy atom. The predicted molar refractivity (Wildman–Crippen MR) is 146 cm³/mol. The SMILES string of the molecule is COc1cc(/C=C2\C(=O)NC(=O)N(c3ccc(C)cc3)C2=O)cc(I)c1OCc1cc(C)cc(C)c1. The molecule has 0 unspecified atom stereocenters. The molecule has 7 nitrogen and oxygen atoms in total. The van der Waals surface area contributed by atoms with Crippen molar-refractivity contribution in [3.05, 3.63) is 91.6 Å². The van der Waals surface area contributed by atoms with Crippen molar-refractivity contribution in [1.82, 2.24) is 5.32 Å². The maximum Gasteiger partial charge on any atom is 0.335 e. The fourth-order valence-electron chi connectivity index (χ4n) is 4.02. The number of carbonyl (C=O) groups is 3. The highest BCUT2D eigenvalue weighted by Crippen LogP contribution is 2.35. The van der Waals surface area contributed by atoms with E-state index in [1.807, 2.05) is 20.8 Å². The van der Waals surface area contributed by atoms with E-state index in [4.69, 9.17) is 9.47 Å². The van der Waals surface area contributed by atoms with Crippen molar-refractivity contribution in [2.45, 2.75) is 27.4 Å². The summed E-state index contributed by atoms with van der Waals surface area (Å²) in [7, 11) is 1.53. The van der Waals surface area contributed by atoms with Crippen molar-refractivity contribution in [2.75, 3.05) is 12.0 Å². The van der Waals surface area contributed by atoms with Gasteiger partial charge in [0.25, 0.3) is 11.8 Å². The molecule has 0 bridgehead atoms. The molecule has 8 heteroatoms. The van der Waals surface area contributed by atoms with Crippen LogP contribution in [0.3, 0.4) is 0 Å². The Kier molecular flexibility index (Phi) is 7.44. The Hall–Kier alpha value is -3.66. The van der Waals surface area contributed by atoms with Gasteiger partial charge >= 0.3 is 6.03 Å². The second-order valence-electron chi connectivity index (χ2n) is 8.61. The third-order valence-corrected chi connectivity index (χ3v) is 6.42. The van der Waals surface area contributed by atoms with Crippen molar-refractivity contribution in [2.24, 2.45) is 0 Å². The first kappa shape index (κ1) is 25.4. The van der Waals surface area contributed by atoms with E-state index >= 15 is 0 Å². The number of ether oxygens (including phenoxy) is 2. The molecular weight excluding hydrogens is 571 g/mol. The Labute approximate surface area is 223 Å². The van der Waals surface area contributed by atoms with Crippen LogP contribution in [0.1, 0.15) is 27.8 Å². The third-order valence-electron chi connectivity index (χ3n) is 5.62. The normalized spacial score (nSPS) is 14.8. The van der Waals surface area contributed by atoms with Gasteiger partial charge in [-0.1, -0.05) is 47.0 Å². The van der Waals surface area contributed by atoms with E-state index in [9.17, 15) is 14.4 Å². The van der Waals surface area contributed by atoms with Crippen molar-refractivity contribution in [3.63, 3.8) is 0 Å². The molecule has 0 atom stereocenters. The Bertz CT molecular complexity index is 1380. The number of barbiturate groups is 1. The molecule has 4 amide bonds. The minimum Gasteiger partial charge on any atom is -0.493 e. The van der Waals surface area contributed by atoms with Crippen LogP contribution in [0.5, 0.6) is 11.5 Å². The summed E-state index contributed by atoms with van der Waals surface area (Å²) in [5.41, 5.74) is 5.13. The number of imide groups is 2. The fourth-order valence-corrected chi connectivity index (χ4v) is 4.80. The number of methoxy groups -OCH3 is 1. The minimum atomic E-state index is -0.784. The monoisotopic (exact) mass is 596 g/mol. The topological polar surface area (TPSA) is 84.9 Å². The smallest absolute Gasteiger partial charge is 0.335 e. The van der Waals surface area contributed by atoms with Gasteiger partial charge in [-0.05, 0) is 84.8 Å². The van der Waals surface area contributed by atoms with Gasteiger partial charge in [0.15, 0.2) is 11.5 Å². The molecule has 0 aromatic heterocycles. The predicted octanol–water partition coefficient (Wildman–Crippen LogP) is 5.47. The van der Waals surface area contributed by atoms with Crippen LogP contribution in [0.15, 0.2) is 60.2 Å². The van der Waals surface area contributed by atoms with Gasteiger partial charge in [0.1, 0.15) is 12.2 Å². The summed E-state index contributed by atoms with van der Waals surface area (Å²) < 4.78 is 12.4. The highest BCUT2D eigenvalue weighted by molar-refractivity contribution is 14.1. The number of anilines is 1. The van der Waals surface area contributed by atoms with Crippen LogP contribution in [0, 0.1) is 24.3 Å². The molecule has 0 saturated carbocycles. The summed E-state index contributed by atoms with van der Waals surface area (Å²) in [6, 6.07) is 15.8. The summed E-state index contributed by atoms with van der Waals surface area (Å²) in [6.45, 7) is 6.35. The molecule has 1 saturated heterocycles. The van der Waals surface area contributed by atoms with Crippen molar-refractivity contribution in [3.8, 4) is 11.5 Å². The van der Waals surface area contributed by atoms with Crippen molar-refractivity contribution in [1.29, 1.82) is 0 Å². The largest absolute Gasteiger partial charge is 0.493 e. The number of carbonyl (C=O) groups excluding carboxylic acids is 3. The number of hydrogen-bond acceptors (Lipinski definition) is 5. The number of hydrogen-bond donors (Lipinski definition) is 1. The molecule has 4 rings (SSSR count). The summed E-state index contributed by atoms with van der Waals surface area (Å²) in [4.78, 5) is 39.1. The van der Waals surface area contributed by atoms with Gasteiger partial charge in [0.2, 0.25) is 0 Å². The Morgan fingerprint density at radius 1 is 0.917 bits per heavy atom. The quantitative estimate of drug-likeness (QED) is 0.232.